The number of hydrogen-bond donors (Lipinski definition) is 6. The number of sulfonamides is 2. The molecule has 7 heterocycles. The minimum absolute atomic E-state index is 0.0640. The highest BCUT2D eigenvalue weighted by molar-refractivity contribution is 7.89. The number of phenolic OH excluding ortho intramolecular Hbond substituents is 1. The normalized spacial score (nSPS) is 13.1. The van der Waals surface area contributed by atoms with Crippen LogP contribution in [0.1, 0.15) is 62.0 Å². The molecule has 0 unspecified atom stereocenters. The van der Waals surface area contributed by atoms with Crippen LogP contribution in [0, 0.1) is 34.9 Å². The van der Waals surface area contributed by atoms with E-state index in [-0.39, 0.29) is 74.7 Å². The Morgan fingerprint density at radius 3 is 1.47 bits per heavy atom. The van der Waals surface area contributed by atoms with Gasteiger partial charge in [-0.1, -0.05) is 0 Å². The number of benzene rings is 10. The van der Waals surface area contributed by atoms with E-state index in [2.05, 4.69) is 29.9 Å². The molecule has 0 radical (unpaired) electrons. The number of morpholine rings is 1. The van der Waals surface area contributed by atoms with Crippen LogP contribution in [0.15, 0.2) is 228 Å². The van der Waals surface area contributed by atoms with Crippen LogP contribution in [-0.2, 0) is 47.3 Å². The fraction of sp³-hybridized carbons (Fsp3) is 0.211. The number of anilines is 5. The Hall–Kier alpha value is -14.2. The van der Waals surface area contributed by atoms with Gasteiger partial charge in [-0.15, -0.1) is 0 Å². The number of imidazole rings is 5. The lowest BCUT2D eigenvalue weighted by molar-refractivity contribution is -0.138. The monoisotopic (exact) mass is 1940 g/mol. The summed E-state index contributed by atoms with van der Waals surface area (Å²) in [5.74, 6) is -2.40. The highest BCUT2D eigenvalue weighted by Gasteiger charge is 2.39. The average Bonchev–Trinajstić information content (AvgIpc) is 1.60. The van der Waals surface area contributed by atoms with Gasteiger partial charge in [-0.3, -0.25) is 37.2 Å². The summed E-state index contributed by atoms with van der Waals surface area (Å²) in [6, 6.07) is 46.7. The third-order valence-electron chi connectivity index (χ3n) is 21.4. The van der Waals surface area contributed by atoms with Crippen molar-refractivity contribution in [3.05, 3.63) is 270 Å². The predicted octanol–water partition coefficient (Wildman–Crippen LogP) is 15.2. The fourth-order valence-electron chi connectivity index (χ4n) is 14.5. The van der Waals surface area contributed by atoms with Crippen LogP contribution in [-0.4, -0.2) is 183 Å². The molecule has 7 N–H and O–H groups in total. The molecule has 0 bridgehead atoms. The van der Waals surface area contributed by atoms with Gasteiger partial charge in [-0.05, 0) is 240 Å². The lowest BCUT2D eigenvalue weighted by atomic mass is 9.76. The zero-order valence-corrected chi connectivity index (χ0v) is 75.3. The Morgan fingerprint density at radius 2 is 0.993 bits per heavy atom. The van der Waals surface area contributed by atoms with Gasteiger partial charge in [0, 0.05) is 93.0 Å². The van der Waals surface area contributed by atoms with Crippen molar-refractivity contribution in [3.8, 4) is 40.2 Å². The van der Waals surface area contributed by atoms with Crippen LogP contribution in [0.4, 0.5) is 82.2 Å². The lowest BCUT2D eigenvalue weighted by Crippen LogP contribution is -2.37. The summed E-state index contributed by atoms with van der Waals surface area (Å²) in [5.41, 5.74) is 4.36. The summed E-state index contributed by atoms with van der Waals surface area (Å²) < 4.78 is 260. The van der Waals surface area contributed by atoms with Gasteiger partial charge in [0.2, 0.25) is 43.8 Å². The summed E-state index contributed by atoms with van der Waals surface area (Å²) in [5, 5.41) is 34.4. The van der Waals surface area contributed by atoms with Crippen LogP contribution in [0.5, 0.6) is 11.8 Å². The van der Waals surface area contributed by atoms with E-state index in [4.69, 9.17) is 19.2 Å². The third-order valence-corrected chi connectivity index (χ3v) is 23.8. The Bertz CT molecular complexity index is 7500. The third kappa shape index (κ3) is 21.9. The average molecular weight is 1940 g/mol. The Kier molecular flexibility index (Phi) is 28.1. The molecule has 1 aliphatic carbocycles. The molecule has 1 aliphatic heterocycles. The van der Waals surface area contributed by atoms with E-state index < -0.39 is 105 Å². The van der Waals surface area contributed by atoms with Crippen molar-refractivity contribution in [3.63, 3.8) is 0 Å². The molecule has 10 aromatic carbocycles. The van der Waals surface area contributed by atoms with Gasteiger partial charge in [0.05, 0.1) is 109 Å². The van der Waals surface area contributed by atoms with Gasteiger partial charge >= 0.3 is 25.5 Å². The standard InChI is InChI=1S/C20H15BF4N4O2.C19H21FN4O3S.C18H15F4N3.C17H17FN4O4S.C16H14F2N2O4S/c1-28(14-3-2-8-26-11-14)19-27-17-10-16(21(30)31)15(20(23,24)25)9-18(17)29(19)13-6-4-12(22)5-7-13;1-12(2)23(3)19-21-16-11-13(18(25)22-28(4,26)27)5-10-17(16)24(19)15-8-6-14(20)7-9-15;1-24(13-7-8-13)17-23-15-10-11(18(20,21)22)2-9-16(15)25(17)14-5-3-12(19)4-6-14;18-11-1-3-12(4-2-11)22-14-10-15(23)16(27(19,24)25)9-13(14)20-17(22)21-5-7-26-8-6-21;1-9(2)24-16-19-13-8-15(25(21,22)23)12(18)7-14(13)20(16)11-5-3-10(17)4-6-11/h2-11,30-31H,1H3;5-12H,1-4H3,(H,22,25);2-6,9-10,13H,7-8H2,1H3;1-4,9-10,23H,5-8H2,(H2,19,24,25);3-9H,1-2H3,(H,21,22,23). The molecule has 1 saturated heterocycles. The van der Waals surface area contributed by atoms with Crippen LogP contribution < -0.4 is 39.7 Å². The summed E-state index contributed by atoms with van der Waals surface area (Å²) >= 11 is 0. The van der Waals surface area contributed by atoms with E-state index in [1.807, 2.05) is 51.9 Å². The zero-order valence-electron chi connectivity index (χ0n) is 72.8. The zero-order chi connectivity index (χ0) is 98.3. The van der Waals surface area contributed by atoms with Crippen LogP contribution in [0.2, 0.25) is 0 Å². The number of primary sulfonamides is 1. The van der Waals surface area contributed by atoms with Crippen molar-refractivity contribution in [2.24, 2.45) is 5.14 Å². The van der Waals surface area contributed by atoms with Crippen molar-refractivity contribution >= 4 is 133 Å². The number of pyridine rings is 1. The van der Waals surface area contributed by atoms with E-state index in [1.54, 1.807) is 102 Å². The Balaban J connectivity index is 0.000000136. The number of aromatic hydroxyl groups is 1. The first-order chi connectivity index (χ1) is 64.1. The minimum atomic E-state index is -4.83. The molecule has 0 atom stereocenters. The van der Waals surface area contributed by atoms with E-state index >= 15 is 0 Å². The number of rotatable bonds is 19. The number of amides is 1. The molecule has 1 amide bonds. The van der Waals surface area contributed by atoms with Crippen molar-refractivity contribution < 1.29 is 112 Å². The predicted molar refractivity (Wildman–Crippen MR) is 486 cm³/mol. The lowest BCUT2D eigenvalue weighted by Gasteiger charge is -2.28. The largest absolute Gasteiger partial charge is 0.506 e. The number of ether oxygens (including phenoxy) is 2. The number of nitrogens with one attached hydrogen (secondary N) is 1. The second-order valence-electron chi connectivity index (χ2n) is 31.7. The van der Waals surface area contributed by atoms with Crippen LogP contribution in [0.25, 0.3) is 83.6 Å². The molecule has 1 saturated carbocycles. The number of fused-ring (bicyclic) bond motifs is 5. The number of nitrogens with zero attached hydrogens (tertiary/aromatic N) is 15. The number of hydrogen-bond acceptors (Lipinski definition) is 22. The molecule has 136 heavy (non-hydrogen) atoms. The first kappa shape index (κ1) is 97.9. The fourth-order valence-corrected chi connectivity index (χ4v) is 16.2. The van der Waals surface area contributed by atoms with Crippen molar-refractivity contribution in [1.82, 2.24) is 57.5 Å². The molecular formula is C90H82BF12N17O13S3. The molecule has 2 fully saturated rings. The maximum atomic E-state index is 14.2. The van der Waals surface area contributed by atoms with E-state index in [9.17, 15) is 97.9 Å². The molecule has 6 aromatic heterocycles. The molecule has 2 aliphatic rings. The molecule has 710 valence electrons. The summed E-state index contributed by atoms with van der Waals surface area (Å²) in [4.78, 5) is 44.7. The second-order valence-corrected chi connectivity index (χ2v) is 36.4. The van der Waals surface area contributed by atoms with Crippen LogP contribution in [0.3, 0.4) is 0 Å². The molecule has 18 rings (SSSR count). The van der Waals surface area contributed by atoms with Gasteiger partial charge in [-0.2, -0.15) is 39.7 Å². The van der Waals surface area contributed by atoms with Gasteiger partial charge in [0.15, 0.2) is 0 Å². The summed E-state index contributed by atoms with van der Waals surface area (Å²) in [6.07, 6.45) is -3.42. The van der Waals surface area contributed by atoms with Crippen LogP contribution >= 0.6 is 0 Å². The number of phenols is 1. The number of aromatic nitrogens is 11. The quantitative estimate of drug-likeness (QED) is 0.0249. The van der Waals surface area contributed by atoms with E-state index in [0.717, 1.165) is 61.2 Å². The van der Waals surface area contributed by atoms with Gasteiger partial charge < -0.3 is 44.2 Å². The Labute approximate surface area is 768 Å². The van der Waals surface area contributed by atoms with E-state index in [1.165, 1.54) is 124 Å². The summed E-state index contributed by atoms with van der Waals surface area (Å²) in [6.45, 7) is 9.80. The second kappa shape index (κ2) is 39.0. The number of nitrogens with two attached hydrogens (primary N) is 1. The first-order valence-electron chi connectivity index (χ1n) is 41.1. The maximum absolute atomic E-state index is 14.2. The number of halogens is 12. The minimum Gasteiger partial charge on any atom is -0.506 e. The molecular weight excluding hydrogens is 1860 g/mol. The summed E-state index contributed by atoms with van der Waals surface area (Å²) in [7, 11) is -9.42. The number of carbonyl (C=O) groups is 1. The topological polar surface area (TPSA) is 372 Å². The van der Waals surface area contributed by atoms with Crippen molar-refractivity contribution in [2.45, 2.75) is 80.9 Å². The van der Waals surface area contributed by atoms with Crippen molar-refractivity contribution in [1.29, 1.82) is 0 Å². The van der Waals surface area contributed by atoms with Crippen molar-refractivity contribution in [2.75, 3.05) is 73.3 Å². The highest BCUT2D eigenvalue weighted by atomic mass is 32.2. The first-order valence-corrected chi connectivity index (χ1v) is 46.0. The molecule has 46 heteroatoms. The van der Waals surface area contributed by atoms with E-state index in [0.29, 0.717) is 106 Å². The Morgan fingerprint density at radius 1 is 0.537 bits per heavy atom. The molecule has 16 aromatic rings. The number of carbonyl (C=O) groups excluding carboxylic acids is 1. The maximum Gasteiger partial charge on any atom is 0.489 e. The van der Waals surface area contributed by atoms with Gasteiger partial charge in [0.1, 0.15) is 50.4 Å². The number of alkyl halides is 6. The SMILES string of the molecule is CC(C)N(C)c1nc2cc(C(=O)NS(C)(=O)=O)ccc2n1-c1ccc(F)cc1.CC(C)Oc1nc2cc(S(=O)(=O)O)c(F)cc2n1-c1ccc(F)cc1.CN(c1cccnc1)c1nc2cc(B(O)O)c(C(F)(F)F)cc2n1-c1ccc(F)cc1.CN(c1nc2cc(C(F)(F)F)ccc2n1-c1ccc(F)cc1)C1CC1.NS(=O)(=O)c1cc2nc(N3CCOCC3)n(-c3ccc(F)cc3)c2cc1O. The van der Waals surface area contributed by atoms with Gasteiger partial charge in [-0.25, -0.2) is 73.0 Å². The molecule has 0 spiro atoms. The smallest absolute Gasteiger partial charge is 0.489 e. The van der Waals surface area contributed by atoms with Gasteiger partial charge in [0.25, 0.3) is 16.0 Å². The molecule has 30 nitrogen and oxygen atoms in total. The highest BCUT2D eigenvalue weighted by Crippen LogP contribution is 2.41.